The molecule has 5 heteroatoms. The molecular weight excluding hydrogens is 234 g/mol. The lowest BCUT2D eigenvalue weighted by molar-refractivity contribution is -0.144. The van der Waals surface area contributed by atoms with Gasteiger partial charge in [-0.1, -0.05) is 13.3 Å². The van der Waals surface area contributed by atoms with Crippen molar-refractivity contribution in [1.82, 2.24) is 5.32 Å². The van der Waals surface area contributed by atoms with Gasteiger partial charge in [-0.3, -0.25) is 0 Å². The van der Waals surface area contributed by atoms with Gasteiger partial charge in [0.25, 0.3) is 0 Å². The summed E-state index contributed by atoms with van der Waals surface area (Å²) in [6.45, 7) is 7.41. The number of carbonyl (C=O) groups is 2. The zero-order valence-corrected chi connectivity index (χ0v) is 11.8. The monoisotopic (exact) mass is 257 g/mol. The van der Waals surface area contributed by atoms with Crippen molar-refractivity contribution in [2.24, 2.45) is 5.92 Å². The van der Waals surface area contributed by atoms with E-state index in [1.165, 1.54) is 7.11 Å². The Kier molecular flexibility index (Phi) is 4.24. The Hall–Kier alpha value is -1.26. The minimum atomic E-state index is -0.868. The lowest BCUT2D eigenvalue weighted by atomic mass is 10.1. The first-order valence-corrected chi connectivity index (χ1v) is 6.34. The number of alkyl carbamates (subject to hydrolysis) is 1. The van der Waals surface area contributed by atoms with E-state index in [0.717, 1.165) is 12.8 Å². The SMILES string of the molecule is CCC[C@@H]1C[C@]1(NC(=O)OC(C)(C)C)C(=O)OC. The highest BCUT2D eigenvalue weighted by atomic mass is 16.6. The van der Waals surface area contributed by atoms with E-state index in [1.807, 2.05) is 6.92 Å². The summed E-state index contributed by atoms with van der Waals surface area (Å²) < 4.78 is 9.95. The van der Waals surface area contributed by atoms with Gasteiger partial charge in [-0.2, -0.15) is 0 Å². The van der Waals surface area contributed by atoms with E-state index >= 15 is 0 Å². The fourth-order valence-corrected chi connectivity index (χ4v) is 2.15. The first kappa shape index (κ1) is 14.8. The van der Waals surface area contributed by atoms with Gasteiger partial charge < -0.3 is 14.8 Å². The molecule has 1 aliphatic carbocycles. The van der Waals surface area contributed by atoms with Gasteiger partial charge in [0.1, 0.15) is 11.1 Å². The van der Waals surface area contributed by atoms with Crippen molar-refractivity contribution in [3.63, 3.8) is 0 Å². The summed E-state index contributed by atoms with van der Waals surface area (Å²) in [5.41, 5.74) is -1.44. The van der Waals surface area contributed by atoms with Crippen LogP contribution in [0.5, 0.6) is 0 Å². The van der Waals surface area contributed by atoms with Crippen LogP contribution < -0.4 is 5.32 Å². The third-order valence-electron chi connectivity index (χ3n) is 3.02. The van der Waals surface area contributed by atoms with Gasteiger partial charge in [0, 0.05) is 0 Å². The van der Waals surface area contributed by atoms with Crippen molar-refractivity contribution in [1.29, 1.82) is 0 Å². The maximum atomic E-state index is 11.8. The van der Waals surface area contributed by atoms with Crippen LogP contribution in [0.1, 0.15) is 47.0 Å². The number of amides is 1. The summed E-state index contributed by atoms with van der Waals surface area (Å²) in [5, 5.41) is 2.67. The van der Waals surface area contributed by atoms with Crippen LogP contribution in [-0.2, 0) is 14.3 Å². The molecule has 0 aliphatic heterocycles. The molecule has 104 valence electrons. The molecule has 2 atom stereocenters. The molecule has 18 heavy (non-hydrogen) atoms. The van der Waals surface area contributed by atoms with E-state index in [4.69, 9.17) is 9.47 Å². The molecule has 0 aromatic carbocycles. The largest absolute Gasteiger partial charge is 0.467 e. The highest BCUT2D eigenvalue weighted by Crippen LogP contribution is 2.47. The van der Waals surface area contributed by atoms with Crippen molar-refractivity contribution in [3.05, 3.63) is 0 Å². The van der Waals surface area contributed by atoms with Crippen LogP contribution in [0.3, 0.4) is 0 Å². The maximum absolute atomic E-state index is 11.8. The number of ether oxygens (including phenoxy) is 2. The van der Waals surface area contributed by atoms with Crippen LogP contribution in [0.25, 0.3) is 0 Å². The molecule has 1 N–H and O–H groups in total. The number of methoxy groups -OCH3 is 1. The maximum Gasteiger partial charge on any atom is 0.408 e. The second-order valence-electron chi connectivity index (χ2n) is 5.78. The van der Waals surface area contributed by atoms with Crippen LogP contribution >= 0.6 is 0 Å². The molecule has 1 saturated carbocycles. The van der Waals surface area contributed by atoms with Crippen LogP contribution in [0, 0.1) is 5.92 Å². The molecule has 1 fully saturated rings. The molecule has 0 aromatic heterocycles. The summed E-state index contributed by atoms with van der Waals surface area (Å²) in [4.78, 5) is 23.5. The first-order chi connectivity index (χ1) is 8.25. The van der Waals surface area contributed by atoms with Gasteiger partial charge in [0.2, 0.25) is 0 Å². The van der Waals surface area contributed by atoms with Gasteiger partial charge in [-0.05, 0) is 39.5 Å². The van der Waals surface area contributed by atoms with Crippen LogP contribution in [-0.4, -0.2) is 30.3 Å². The highest BCUT2D eigenvalue weighted by Gasteiger charge is 2.62. The molecule has 0 bridgehead atoms. The Morgan fingerprint density at radius 3 is 2.44 bits per heavy atom. The Morgan fingerprint density at radius 2 is 2.00 bits per heavy atom. The molecule has 0 unspecified atom stereocenters. The van der Waals surface area contributed by atoms with Crippen molar-refractivity contribution in [3.8, 4) is 0 Å². The number of hydrogen-bond donors (Lipinski definition) is 1. The Bertz CT molecular complexity index is 334. The quantitative estimate of drug-likeness (QED) is 0.784. The van der Waals surface area contributed by atoms with Gasteiger partial charge in [-0.15, -0.1) is 0 Å². The minimum Gasteiger partial charge on any atom is -0.467 e. The Labute approximate surface area is 108 Å². The Morgan fingerprint density at radius 1 is 1.39 bits per heavy atom. The van der Waals surface area contributed by atoms with E-state index in [-0.39, 0.29) is 11.9 Å². The summed E-state index contributed by atoms with van der Waals surface area (Å²) >= 11 is 0. The summed E-state index contributed by atoms with van der Waals surface area (Å²) in [7, 11) is 1.34. The molecule has 1 amide bonds. The van der Waals surface area contributed by atoms with E-state index in [9.17, 15) is 9.59 Å². The van der Waals surface area contributed by atoms with Gasteiger partial charge >= 0.3 is 12.1 Å². The van der Waals surface area contributed by atoms with E-state index in [1.54, 1.807) is 20.8 Å². The van der Waals surface area contributed by atoms with E-state index in [0.29, 0.717) is 6.42 Å². The first-order valence-electron chi connectivity index (χ1n) is 6.34. The van der Waals surface area contributed by atoms with Gasteiger partial charge in [-0.25, -0.2) is 9.59 Å². The molecule has 1 aliphatic rings. The van der Waals surface area contributed by atoms with E-state index in [2.05, 4.69) is 5.32 Å². The standard InChI is InChI=1S/C13H23NO4/c1-6-7-9-8-13(9,10(15)17-5)14-11(16)18-12(2,3)4/h9H,6-8H2,1-5H3,(H,14,16)/t9-,13-/m1/s1. The zero-order chi connectivity index (χ0) is 14.0. The van der Waals surface area contributed by atoms with Crippen molar-refractivity contribution >= 4 is 12.1 Å². The highest BCUT2D eigenvalue weighted by molar-refractivity contribution is 5.89. The number of esters is 1. The second-order valence-corrected chi connectivity index (χ2v) is 5.78. The van der Waals surface area contributed by atoms with Gasteiger partial charge in [0.15, 0.2) is 0 Å². The summed E-state index contributed by atoms with van der Waals surface area (Å²) in [6.07, 6.45) is 1.93. The molecule has 5 nitrogen and oxygen atoms in total. The van der Waals surface area contributed by atoms with Crippen LogP contribution in [0.4, 0.5) is 4.79 Å². The van der Waals surface area contributed by atoms with Crippen molar-refractivity contribution in [2.75, 3.05) is 7.11 Å². The molecular formula is C13H23NO4. The molecule has 0 spiro atoms. The van der Waals surface area contributed by atoms with Crippen molar-refractivity contribution in [2.45, 2.75) is 58.1 Å². The molecule has 0 heterocycles. The third kappa shape index (κ3) is 3.37. The molecule has 0 radical (unpaired) electrons. The molecule has 1 rings (SSSR count). The fraction of sp³-hybridized carbons (Fsp3) is 0.846. The average Bonchev–Trinajstić information content (AvgIpc) is 2.89. The summed E-state index contributed by atoms with van der Waals surface area (Å²) in [6, 6.07) is 0. The normalized spacial score (nSPS) is 26.4. The van der Waals surface area contributed by atoms with Gasteiger partial charge in [0.05, 0.1) is 7.11 Å². The number of rotatable bonds is 4. The predicted molar refractivity (Wildman–Crippen MR) is 67.1 cm³/mol. The Balaban J connectivity index is 2.65. The van der Waals surface area contributed by atoms with Crippen LogP contribution in [0.15, 0.2) is 0 Å². The minimum absolute atomic E-state index is 0.155. The average molecular weight is 257 g/mol. The number of hydrogen-bond acceptors (Lipinski definition) is 4. The van der Waals surface area contributed by atoms with Crippen molar-refractivity contribution < 1.29 is 19.1 Å². The predicted octanol–water partition coefficient (Wildman–Crippen LogP) is 2.24. The van der Waals surface area contributed by atoms with Crippen LogP contribution in [0.2, 0.25) is 0 Å². The summed E-state index contributed by atoms with van der Waals surface area (Å²) in [5.74, 6) is -0.228. The smallest absolute Gasteiger partial charge is 0.408 e. The second kappa shape index (κ2) is 5.16. The number of carbonyl (C=O) groups excluding carboxylic acids is 2. The lowest BCUT2D eigenvalue weighted by Gasteiger charge is -2.23. The number of nitrogens with one attached hydrogen (secondary N) is 1. The van der Waals surface area contributed by atoms with E-state index < -0.39 is 17.2 Å². The topological polar surface area (TPSA) is 64.6 Å². The lowest BCUT2D eigenvalue weighted by Crippen LogP contribution is -2.47. The molecule has 0 saturated heterocycles. The third-order valence-corrected chi connectivity index (χ3v) is 3.02. The fourth-order valence-electron chi connectivity index (χ4n) is 2.15. The molecule has 0 aromatic rings. The zero-order valence-electron chi connectivity index (χ0n) is 11.8.